The number of fused-ring (bicyclic) bond motifs is 1. The molecule has 0 atom stereocenters. The third-order valence-corrected chi connectivity index (χ3v) is 6.44. The fourth-order valence-electron chi connectivity index (χ4n) is 3.20. The molecule has 1 aliphatic carbocycles. The predicted octanol–water partition coefficient (Wildman–Crippen LogP) is 4.15. The van der Waals surface area contributed by atoms with Gasteiger partial charge in [0.25, 0.3) is 5.91 Å². The molecule has 152 valence electrons. The van der Waals surface area contributed by atoms with Crippen molar-refractivity contribution in [1.82, 2.24) is 10.3 Å². The number of furan rings is 1. The molecule has 29 heavy (non-hydrogen) atoms. The van der Waals surface area contributed by atoms with Crippen LogP contribution in [0.15, 0.2) is 34.7 Å². The fraction of sp³-hybridized carbons (Fsp3) is 0.300. The summed E-state index contributed by atoms with van der Waals surface area (Å²) in [6.45, 7) is 1.56. The number of rotatable bonds is 6. The van der Waals surface area contributed by atoms with Gasteiger partial charge in [0.15, 0.2) is 0 Å². The molecular formula is C20H20ClN3O4S. The maximum Gasteiger partial charge on any atom is 0.255 e. The third kappa shape index (κ3) is 3.82. The first-order chi connectivity index (χ1) is 13.8. The Morgan fingerprint density at radius 1 is 1.28 bits per heavy atom. The zero-order valence-corrected chi connectivity index (χ0v) is 17.5. The van der Waals surface area contributed by atoms with E-state index in [9.17, 15) is 13.2 Å². The summed E-state index contributed by atoms with van der Waals surface area (Å²) in [5, 5.41) is 3.76. The van der Waals surface area contributed by atoms with Gasteiger partial charge in [0, 0.05) is 17.6 Å². The van der Waals surface area contributed by atoms with E-state index in [0.717, 1.165) is 18.4 Å². The van der Waals surface area contributed by atoms with Crippen LogP contribution in [0.25, 0.3) is 22.4 Å². The SMILES string of the molecule is CCS(=O)(=O)Nc1nc2oc(-c3ccc(Cl)cc3)c(C(=O)NC)c2cc1C1CC1. The molecule has 1 amide bonds. The van der Waals surface area contributed by atoms with Gasteiger partial charge < -0.3 is 9.73 Å². The van der Waals surface area contributed by atoms with Crippen LogP contribution in [0.4, 0.5) is 5.82 Å². The Hall–Kier alpha value is -2.58. The smallest absolute Gasteiger partial charge is 0.255 e. The Labute approximate surface area is 173 Å². The van der Waals surface area contributed by atoms with Crippen molar-refractivity contribution in [3.63, 3.8) is 0 Å². The molecule has 3 aromatic rings. The number of anilines is 1. The van der Waals surface area contributed by atoms with Crippen LogP contribution < -0.4 is 10.0 Å². The lowest BCUT2D eigenvalue weighted by Crippen LogP contribution is -2.18. The van der Waals surface area contributed by atoms with Gasteiger partial charge in [-0.1, -0.05) is 11.6 Å². The van der Waals surface area contributed by atoms with E-state index >= 15 is 0 Å². The second kappa shape index (κ2) is 7.35. The zero-order valence-electron chi connectivity index (χ0n) is 16.0. The number of pyridine rings is 1. The minimum absolute atomic E-state index is 0.0610. The van der Waals surface area contributed by atoms with Crippen LogP contribution >= 0.6 is 11.6 Å². The summed E-state index contributed by atoms with van der Waals surface area (Å²) in [6.07, 6.45) is 1.90. The summed E-state index contributed by atoms with van der Waals surface area (Å²) < 4.78 is 32.7. The van der Waals surface area contributed by atoms with Gasteiger partial charge in [-0.25, -0.2) is 8.42 Å². The van der Waals surface area contributed by atoms with Gasteiger partial charge in [-0.2, -0.15) is 4.98 Å². The molecule has 2 N–H and O–H groups in total. The molecule has 0 saturated heterocycles. The van der Waals surface area contributed by atoms with Crippen LogP contribution in [0.1, 0.15) is 41.6 Å². The molecule has 0 spiro atoms. The lowest BCUT2D eigenvalue weighted by Gasteiger charge is -2.10. The number of amides is 1. The van der Waals surface area contributed by atoms with Crippen molar-refractivity contribution in [1.29, 1.82) is 0 Å². The Morgan fingerprint density at radius 3 is 2.55 bits per heavy atom. The van der Waals surface area contributed by atoms with Crippen LogP contribution in [0.2, 0.25) is 5.02 Å². The largest absolute Gasteiger partial charge is 0.437 e. The first-order valence-corrected chi connectivity index (χ1v) is 11.3. The number of nitrogens with one attached hydrogen (secondary N) is 2. The van der Waals surface area contributed by atoms with E-state index in [-0.39, 0.29) is 29.1 Å². The molecule has 1 fully saturated rings. The van der Waals surface area contributed by atoms with E-state index in [2.05, 4.69) is 15.0 Å². The molecule has 9 heteroatoms. The summed E-state index contributed by atoms with van der Waals surface area (Å²) in [4.78, 5) is 17.1. The maximum atomic E-state index is 12.7. The van der Waals surface area contributed by atoms with E-state index in [1.165, 1.54) is 0 Å². The third-order valence-electron chi connectivity index (χ3n) is 4.92. The van der Waals surface area contributed by atoms with Gasteiger partial charge in [0.2, 0.25) is 15.7 Å². The number of halogens is 1. The molecule has 7 nitrogen and oxygen atoms in total. The van der Waals surface area contributed by atoms with Gasteiger partial charge in [0.05, 0.1) is 16.7 Å². The molecular weight excluding hydrogens is 414 g/mol. The number of aromatic nitrogens is 1. The highest BCUT2D eigenvalue weighted by molar-refractivity contribution is 7.92. The Morgan fingerprint density at radius 2 is 1.97 bits per heavy atom. The van der Waals surface area contributed by atoms with Crippen molar-refractivity contribution in [2.75, 3.05) is 17.5 Å². The number of carbonyl (C=O) groups excluding carboxylic acids is 1. The summed E-state index contributed by atoms with van der Waals surface area (Å²) in [5.41, 5.74) is 2.02. The topological polar surface area (TPSA) is 101 Å². The molecule has 2 heterocycles. The number of carbonyl (C=O) groups is 1. The van der Waals surface area contributed by atoms with E-state index in [4.69, 9.17) is 16.0 Å². The average molecular weight is 434 g/mol. The highest BCUT2D eigenvalue weighted by atomic mass is 35.5. The quantitative estimate of drug-likeness (QED) is 0.608. The molecule has 0 unspecified atom stereocenters. The lowest BCUT2D eigenvalue weighted by molar-refractivity contribution is 0.0964. The number of hydrogen-bond acceptors (Lipinski definition) is 5. The summed E-state index contributed by atoms with van der Waals surface area (Å²) in [6, 6.07) is 8.76. The highest BCUT2D eigenvalue weighted by Gasteiger charge is 2.31. The first-order valence-electron chi connectivity index (χ1n) is 9.29. The van der Waals surface area contributed by atoms with Crippen molar-refractivity contribution < 1.29 is 17.6 Å². The van der Waals surface area contributed by atoms with Gasteiger partial charge in [0.1, 0.15) is 11.6 Å². The molecule has 1 aliphatic rings. The van der Waals surface area contributed by atoms with Gasteiger partial charge in [-0.05, 0) is 61.6 Å². The van der Waals surface area contributed by atoms with Crippen molar-refractivity contribution in [2.24, 2.45) is 0 Å². The standard InChI is InChI=1S/C20H20ClN3O4S/c1-3-29(26,27)24-18-14(11-4-5-11)10-15-16(19(25)22-2)17(28-20(15)23-18)12-6-8-13(21)9-7-12/h6-11H,3-5H2,1-2H3,(H,22,25)(H,23,24). The Bertz CT molecular complexity index is 1200. The zero-order chi connectivity index (χ0) is 20.8. The second-order valence-corrected chi connectivity index (χ2v) is 9.40. The van der Waals surface area contributed by atoms with Crippen molar-refractivity contribution in [3.05, 3.63) is 46.5 Å². The maximum absolute atomic E-state index is 12.7. The van der Waals surface area contributed by atoms with Crippen LogP contribution in [0.3, 0.4) is 0 Å². The van der Waals surface area contributed by atoms with Crippen molar-refractivity contribution in [2.45, 2.75) is 25.7 Å². The molecule has 0 bridgehead atoms. The number of sulfonamides is 1. The first kappa shape index (κ1) is 19.7. The molecule has 1 aromatic carbocycles. The predicted molar refractivity (Wildman–Crippen MR) is 113 cm³/mol. The lowest BCUT2D eigenvalue weighted by atomic mass is 10.0. The van der Waals surface area contributed by atoms with Crippen molar-refractivity contribution in [3.8, 4) is 11.3 Å². The van der Waals surface area contributed by atoms with Crippen LogP contribution in [-0.4, -0.2) is 32.1 Å². The number of hydrogen-bond donors (Lipinski definition) is 2. The molecule has 2 aromatic heterocycles. The summed E-state index contributed by atoms with van der Waals surface area (Å²) in [5.74, 6) is 0.476. The average Bonchev–Trinajstić information content (AvgIpc) is 3.48. The number of benzene rings is 1. The molecule has 1 saturated carbocycles. The van der Waals surface area contributed by atoms with E-state index < -0.39 is 10.0 Å². The van der Waals surface area contributed by atoms with Crippen LogP contribution in [0, 0.1) is 0 Å². The van der Waals surface area contributed by atoms with E-state index in [1.54, 1.807) is 38.2 Å². The molecule has 4 rings (SSSR count). The van der Waals surface area contributed by atoms with Gasteiger partial charge in [-0.15, -0.1) is 0 Å². The van der Waals surface area contributed by atoms with E-state index in [1.807, 2.05) is 6.07 Å². The minimum atomic E-state index is -3.50. The van der Waals surface area contributed by atoms with Gasteiger partial charge >= 0.3 is 0 Å². The normalized spacial score (nSPS) is 14.2. The van der Waals surface area contributed by atoms with Crippen LogP contribution in [-0.2, 0) is 10.0 Å². The highest BCUT2D eigenvalue weighted by Crippen LogP contribution is 2.45. The summed E-state index contributed by atoms with van der Waals surface area (Å²) in [7, 11) is -1.95. The van der Waals surface area contributed by atoms with Gasteiger partial charge in [-0.3, -0.25) is 9.52 Å². The summed E-state index contributed by atoms with van der Waals surface area (Å²) >= 11 is 5.98. The minimum Gasteiger partial charge on any atom is -0.437 e. The molecule has 0 aliphatic heterocycles. The Kier molecular flexibility index (Phi) is 5.00. The monoisotopic (exact) mass is 433 g/mol. The van der Waals surface area contributed by atoms with Crippen molar-refractivity contribution >= 4 is 44.4 Å². The second-order valence-electron chi connectivity index (χ2n) is 6.95. The molecule has 0 radical (unpaired) electrons. The van der Waals surface area contributed by atoms with Crippen LogP contribution in [0.5, 0.6) is 0 Å². The fourth-order valence-corrected chi connectivity index (χ4v) is 3.93. The Balaban J connectivity index is 1.95. The van der Waals surface area contributed by atoms with E-state index in [0.29, 0.717) is 27.3 Å². The number of nitrogens with zero attached hydrogens (tertiary/aromatic N) is 1.